The molecule has 202 valence electrons. The SMILES string of the molecule is CCC(=O)C(=O)N(C1CCCCC1)C1C=C(C(=O)NCCO)C2c3cc(CO)cc(OC)c3OC2C1O. The Hall–Kier alpha value is -2.95. The lowest BCUT2D eigenvalue weighted by atomic mass is 9.76. The maximum atomic E-state index is 13.4. The second kappa shape index (κ2) is 11.6. The minimum Gasteiger partial charge on any atom is -0.493 e. The van der Waals surface area contributed by atoms with Crippen LogP contribution < -0.4 is 14.8 Å². The number of ketones is 1. The molecule has 4 rings (SSSR count). The highest BCUT2D eigenvalue weighted by atomic mass is 16.5. The van der Waals surface area contributed by atoms with E-state index in [1.165, 1.54) is 12.0 Å². The number of methoxy groups -OCH3 is 1. The van der Waals surface area contributed by atoms with Crippen molar-refractivity contribution in [3.05, 3.63) is 34.9 Å². The number of hydrogen-bond acceptors (Lipinski definition) is 8. The van der Waals surface area contributed by atoms with Crippen LogP contribution in [-0.2, 0) is 21.0 Å². The zero-order valence-corrected chi connectivity index (χ0v) is 21.3. The highest BCUT2D eigenvalue weighted by Gasteiger charge is 2.52. The summed E-state index contributed by atoms with van der Waals surface area (Å²) >= 11 is 0. The van der Waals surface area contributed by atoms with Crippen molar-refractivity contribution in [3.63, 3.8) is 0 Å². The number of fused-ring (bicyclic) bond motifs is 3. The number of carbonyl (C=O) groups excluding carboxylic acids is 3. The van der Waals surface area contributed by atoms with E-state index in [-0.39, 0.29) is 37.8 Å². The van der Waals surface area contributed by atoms with Crippen molar-refractivity contribution in [2.75, 3.05) is 20.3 Å². The maximum Gasteiger partial charge on any atom is 0.290 e. The Morgan fingerprint density at radius 2 is 1.89 bits per heavy atom. The van der Waals surface area contributed by atoms with Crippen molar-refractivity contribution >= 4 is 17.6 Å². The van der Waals surface area contributed by atoms with Crippen LogP contribution in [0.5, 0.6) is 11.5 Å². The van der Waals surface area contributed by atoms with E-state index >= 15 is 0 Å². The summed E-state index contributed by atoms with van der Waals surface area (Å²) < 4.78 is 11.7. The lowest BCUT2D eigenvalue weighted by Crippen LogP contribution is -2.59. The Labute approximate surface area is 216 Å². The first-order valence-corrected chi connectivity index (χ1v) is 13.0. The first-order chi connectivity index (χ1) is 17.9. The highest BCUT2D eigenvalue weighted by Crippen LogP contribution is 2.51. The molecule has 0 aromatic heterocycles. The van der Waals surface area contributed by atoms with E-state index in [1.807, 2.05) is 0 Å². The van der Waals surface area contributed by atoms with E-state index in [0.29, 0.717) is 35.5 Å². The van der Waals surface area contributed by atoms with Crippen molar-refractivity contribution in [3.8, 4) is 11.5 Å². The number of Topliss-reactive ketones (excluding diaryl/α,β-unsaturated/α-hetero) is 1. The van der Waals surface area contributed by atoms with E-state index in [2.05, 4.69) is 5.32 Å². The molecule has 1 saturated carbocycles. The van der Waals surface area contributed by atoms with Gasteiger partial charge in [0.1, 0.15) is 12.2 Å². The molecule has 0 saturated heterocycles. The van der Waals surface area contributed by atoms with Gasteiger partial charge in [-0.1, -0.05) is 26.2 Å². The fourth-order valence-corrected chi connectivity index (χ4v) is 5.79. The van der Waals surface area contributed by atoms with Gasteiger partial charge in [0, 0.05) is 30.1 Å². The summed E-state index contributed by atoms with van der Waals surface area (Å²) in [5.74, 6) is -1.68. The number of rotatable bonds is 9. The molecule has 2 aliphatic carbocycles. The lowest BCUT2D eigenvalue weighted by molar-refractivity contribution is -0.151. The smallest absolute Gasteiger partial charge is 0.290 e. The summed E-state index contributed by atoms with van der Waals surface area (Å²) in [6, 6.07) is 2.14. The number of carbonyl (C=O) groups is 3. The first kappa shape index (κ1) is 27.1. The number of ether oxygens (including phenoxy) is 2. The van der Waals surface area contributed by atoms with Crippen molar-refractivity contribution < 1.29 is 39.2 Å². The molecule has 37 heavy (non-hydrogen) atoms. The van der Waals surface area contributed by atoms with Gasteiger partial charge >= 0.3 is 0 Å². The van der Waals surface area contributed by atoms with Crippen LogP contribution in [-0.4, -0.2) is 82.4 Å². The molecule has 10 heteroatoms. The van der Waals surface area contributed by atoms with E-state index in [4.69, 9.17) is 9.47 Å². The molecule has 4 atom stereocenters. The molecule has 10 nitrogen and oxygen atoms in total. The Morgan fingerprint density at radius 1 is 1.16 bits per heavy atom. The number of nitrogens with zero attached hydrogens (tertiary/aromatic N) is 1. The Bertz CT molecular complexity index is 1060. The molecule has 2 amide bonds. The summed E-state index contributed by atoms with van der Waals surface area (Å²) in [6.07, 6.45) is 3.69. The average Bonchev–Trinajstić information content (AvgIpc) is 3.32. The van der Waals surface area contributed by atoms with Crippen molar-refractivity contribution in [1.29, 1.82) is 0 Å². The summed E-state index contributed by atoms with van der Waals surface area (Å²) in [5.41, 5.74) is 1.40. The fourth-order valence-electron chi connectivity index (χ4n) is 5.79. The zero-order valence-electron chi connectivity index (χ0n) is 21.3. The second-order valence-corrected chi connectivity index (χ2v) is 9.80. The number of benzene rings is 1. The summed E-state index contributed by atoms with van der Waals surface area (Å²) in [6.45, 7) is 1.13. The molecule has 1 aliphatic heterocycles. The largest absolute Gasteiger partial charge is 0.493 e. The van der Waals surface area contributed by atoms with Crippen LogP contribution in [0, 0.1) is 0 Å². The monoisotopic (exact) mass is 516 g/mol. The van der Waals surface area contributed by atoms with Gasteiger partial charge in [-0.2, -0.15) is 0 Å². The van der Waals surface area contributed by atoms with Gasteiger partial charge in [-0.05, 0) is 36.6 Å². The predicted octanol–water partition coefficient (Wildman–Crippen LogP) is 0.951. The second-order valence-electron chi connectivity index (χ2n) is 9.80. The number of aliphatic hydroxyl groups excluding tert-OH is 3. The zero-order chi connectivity index (χ0) is 26.7. The number of hydrogen-bond donors (Lipinski definition) is 4. The predicted molar refractivity (Wildman–Crippen MR) is 133 cm³/mol. The van der Waals surface area contributed by atoms with Gasteiger partial charge in [0.2, 0.25) is 11.7 Å². The van der Waals surface area contributed by atoms with Crippen LogP contribution in [0.15, 0.2) is 23.8 Å². The quantitative estimate of drug-likeness (QED) is 0.355. The first-order valence-electron chi connectivity index (χ1n) is 13.0. The van der Waals surface area contributed by atoms with Gasteiger partial charge in [0.15, 0.2) is 11.5 Å². The van der Waals surface area contributed by atoms with E-state index in [9.17, 15) is 29.7 Å². The minimum atomic E-state index is -1.23. The van der Waals surface area contributed by atoms with Gasteiger partial charge in [-0.3, -0.25) is 14.4 Å². The van der Waals surface area contributed by atoms with Crippen LogP contribution in [0.4, 0.5) is 0 Å². The average molecular weight is 517 g/mol. The fraction of sp³-hybridized carbons (Fsp3) is 0.593. The molecule has 0 spiro atoms. The van der Waals surface area contributed by atoms with Crippen LogP contribution >= 0.6 is 0 Å². The van der Waals surface area contributed by atoms with Gasteiger partial charge in [-0.15, -0.1) is 0 Å². The molecule has 4 unspecified atom stereocenters. The normalized spacial score (nSPS) is 24.8. The Morgan fingerprint density at radius 3 is 2.51 bits per heavy atom. The molecule has 1 fully saturated rings. The van der Waals surface area contributed by atoms with Crippen LogP contribution in [0.2, 0.25) is 0 Å². The van der Waals surface area contributed by atoms with Gasteiger partial charge in [0.05, 0.1) is 32.3 Å². The number of amides is 2. The van der Waals surface area contributed by atoms with Crippen LogP contribution in [0.1, 0.15) is 62.5 Å². The van der Waals surface area contributed by atoms with E-state index in [1.54, 1.807) is 25.1 Å². The molecule has 3 aliphatic rings. The summed E-state index contributed by atoms with van der Waals surface area (Å²) in [7, 11) is 1.46. The molecule has 1 heterocycles. The third-order valence-electron chi connectivity index (χ3n) is 7.58. The molecular formula is C27H36N2O8. The minimum absolute atomic E-state index is 0.0219. The van der Waals surface area contributed by atoms with E-state index in [0.717, 1.165) is 19.3 Å². The van der Waals surface area contributed by atoms with Gasteiger partial charge in [0.25, 0.3) is 5.91 Å². The molecule has 1 aromatic rings. The third-order valence-corrected chi connectivity index (χ3v) is 7.58. The van der Waals surface area contributed by atoms with Crippen molar-refractivity contribution in [1.82, 2.24) is 10.2 Å². The van der Waals surface area contributed by atoms with Crippen molar-refractivity contribution in [2.24, 2.45) is 0 Å². The third kappa shape index (κ3) is 5.10. The molecule has 4 N–H and O–H groups in total. The van der Waals surface area contributed by atoms with E-state index < -0.39 is 41.8 Å². The Balaban J connectivity index is 1.83. The molecule has 0 radical (unpaired) electrons. The standard InChI is InChI=1S/C27H36N2O8/c1-3-20(32)27(35)29(16-7-5-4-6-8-16)19-13-18(26(34)28-9-10-30)22-17-11-15(14-31)12-21(36-2)24(17)37-25(22)23(19)33/h11-13,16,19,22-23,25,30-31,33H,3-10,14H2,1-2H3,(H,28,34). The number of nitrogens with one attached hydrogen (secondary N) is 1. The van der Waals surface area contributed by atoms with Crippen molar-refractivity contribution in [2.45, 2.75) is 82.3 Å². The number of aliphatic hydroxyl groups is 3. The van der Waals surface area contributed by atoms with Gasteiger partial charge < -0.3 is 35.0 Å². The summed E-state index contributed by atoms with van der Waals surface area (Å²) in [4.78, 5) is 40.8. The Kier molecular flexibility index (Phi) is 8.51. The lowest BCUT2D eigenvalue weighted by Gasteiger charge is -2.44. The van der Waals surface area contributed by atoms with Crippen LogP contribution in [0.3, 0.4) is 0 Å². The maximum absolute atomic E-state index is 13.4. The summed E-state index contributed by atoms with van der Waals surface area (Å²) in [5, 5.41) is 33.4. The topological polar surface area (TPSA) is 146 Å². The van der Waals surface area contributed by atoms with Crippen LogP contribution in [0.25, 0.3) is 0 Å². The molecular weight excluding hydrogens is 480 g/mol. The molecule has 1 aromatic carbocycles. The molecule has 0 bridgehead atoms. The highest BCUT2D eigenvalue weighted by molar-refractivity contribution is 6.36. The van der Waals surface area contributed by atoms with Gasteiger partial charge in [-0.25, -0.2) is 0 Å².